The average molecular weight is 648 g/mol. The van der Waals surface area contributed by atoms with E-state index in [1.807, 2.05) is 29.0 Å². The molecule has 0 amide bonds. The lowest BCUT2D eigenvalue weighted by Crippen LogP contribution is -2.35. The Morgan fingerprint density at radius 3 is 1.79 bits per heavy atom. The molecule has 8 heterocycles. The SMILES string of the molecule is COc1cc(C2CCCNC2)nc2c(CN3CCOCC3)cnn12.Nc1cc(C2CCCNC2)nc2c(CN3CCOCC3)cnn12. The minimum atomic E-state index is 0.446. The van der Waals surface area contributed by atoms with Gasteiger partial charge >= 0.3 is 0 Å². The van der Waals surface area contributed by atoms with Gasteiger partial charge in [0.2, 0.25) is 5.88 Å². The van der Waals surface area contributed by atoms with Crippen molar-refractivity contribution in [1.29, 1.82) is 0 Å². The number of aromatic nitrogens is 6. The first-order valence-electron chi connectivity index (χ1n) is 17.2. The van der Waals surface area contributed by atoms with Crippen molar-refractivity contribution in [3.05, 3.63) is 47.0 Å². The first kappa shape index (κ1) is 32.2. The van der Waals surface area contributed by atoms with E-state index in [9.17, 15) is 0 Å². The highest BCUT2D eigenvalue weighted by Gasteiger charge is 2.23. The Hall–Kier alpha value is -3.40. The molecule has 4 N–H and O–H groups in total. The van der Waals surface area contributed by atoms with Crippen molar-refractivity contribution in [3.8, 4) is 5.88 Å². The molecule has 0 aliphatic carbocycles. The number of rotatable bonds is 7. The van der Waals surface area contributed by atoms with Gasteiger partial charge in [-0.2, -0.15) is 19.2 Å². The maximum atomic E-state index is 6.22. The molecular weight excluding hydrogens is 598 g/mol. The van der Waals surface area contributed by atoms with E-state index in [1.165, 1.54) is 25.7 Å². The summed E-state index contributed by atoms with van der Waals surface area (Å²) in [6, 6.07) is 4.02. The number of morpholine rings is 2. The number of nitrogens with two attached hydrogens (primary N) is 1. The lowest BCUT2D eigenvalue weighted by Gasteiger charge is -2.26. The van der Waals surface area contributed by atoms with Crippen LogP contribution in [-0.2, 0) is 22.6 Å². The Balaban J connectivity index is 0.000000150. The topological polar surface area (TPSA) is 145 Å². The lowest BCUT2D eigenvalue weighted by molar-refractivity contribution is 0.0342. The molecule has 0 radical (unpaired) electrons. The molecule has 0 spiro atoms. The monoisotopic (exact) mass is 647 g/mol. The molecule has 47 heavy (non-hydrogen) atoms. The van der Waals surface area contributed by atoms with E-state index < -0.39 is 0 Å². The quantitative estimate of drug-likeness (QED) is 0.268. The molecule has 4 fully saturated rings. The van der Waals surface area contributed by atoms with Gasteiger partial charge in [0, 0.05) is 87.5 Å². The van der Waals surface area contributed by atoms with E-state index in [1.54, 1.807) is 11.6 Å². The molecule has 0 aromatic carbocycles. The summed E-state index contributed by atoms with van der Waals surface area (Å²) in [6.45, 7) is 12.9. The maximum absolute atomic E-state index is 6.22. The number of ether oxygens (including phenoxy) is 3. The molecule has 2 unspecified atom stereocenters. The van der Waals surface area contributed by atoms with Crippen LogP contribution in [0.5, 0.6) is 5.88 Å². The first-order chi connectivity index (χ1) is 23.2. The highest BCUT2D eigenvalue weighted by atomic mass is 16.5. The summed E-state index contributed by atoms with van der Waals surface area (Å²) in [7, 11) is 1.70. The van der Waals surface area contributed by atoms with Crippen LogP contribution >= 0.6 is 0 Å². The Morgan fingerprint density at radius 1 is 0.766 bits per heavy atom. The highest BCUT2D eigenvalue weighted by Crippen LogP contribution is 2.28. The third-order valence-electron chi connectivity index (χ3n) is 9.76. The zero-order chi connectivity index (χ0) is 32.0. The van der Waals surface area contributed by atoms with Crippen molar-refractivity contribution in [1.82, 2.24) is 49.6 Å². The second-order valence-corrected chi connectivity index (χ2v) is 13.0. The molecule has 254 valence electrons. The van der Waals surface area contributed by atoms with Crippen LogP contribution in [0.4, 0.5) is 5.82 Å². The summed E-state index contributed by atoms with van der Waals surface area (Å²) < 4.78 is 20.0. The maximum Gasteiger partial charge on any atom is 0.217 e. The lowest BCUT2D eigenvalue weighted by atomic mass is 9.96. The van der Waals surface area contributed by atoms with Gasteiger partial charge < -0.3 is 30.6 Å². The number of hydrogen-bond donors (Lipinski definition) is 3. The largest absolute Gasteiger partial charge is 0.481 e. The van der Waals surface area contributed by atoms with Crippen molar-refractivity contribution in [3.63, 3.8) is 0 Å². The van der Waals surface area contributed by atoms with E-state index in [4.69, 9.17) is 29.9 Å². The third-order valence-corrected chi connectivity index (χ3v) is 9.76. The van der Waals surface area contributed by atoms with Crippen molar-refractivity contribution in [2.75, 3.05) is 91.6 Å². The van der Waals surface area contributed by atoms with Crippen molar-refractivity contribution in [2.45, 2.75) is 50.6 Å². The molecule has 14 heteroatoms. The van der Waals surface area contributed by atoms with E-state index in [0.29, 0.717) is 17.7 Å². The molecule has 14 nitrogen and oxygen atoms in total. The van der Waals surface area contributed by atoms with Gasteiger partial charge in [-0.15, -0.1) is 0 Å². The number of methoxy groups -OCH3 is 1. The van der Waals surface area contributed by atoms with Crippen LogP contribution in [0.2, 0.25) is 0 Å². The van der Waals surface area contributed by atoms with Crippen LogP contribution in [-0.4, -0.2) is 125 Å². The Morgan fingerprint density at radius 2 is 1.28 bits per heavy atom. The highest BCUT2D eigenvalue weighted by molar-refractivity contribution is 5.53. The third kappa shape index (κ3) is 7.53. The second-order valence-electron chi connectivity index (χ2n) is 13.0. The Bertz CT molecular complexity index is 1600. The Labute approximate surface area is 275 Å². The molecule has 4 aliphatic heterocycles. The van der Waals surface area contributed by atoms with Gasteiger partial charge in [-0.3, -0.25) is 9.80 Å². The standard InChI is InChI=1S/C17H25N5O2.C16H24N6O/c1-23-16-9-15(13-3-2-4-18-10-13)20-17-14(11-19-22(16)17)12-21-5-7-24-8-6-21;17-15-8-14(12-2-1-3-18-9-12)20-16-13(10-19-22(15)16)11-21-4-6-23-7-5-21/h9,11,13,18H,2-8,10,12H2,1H3;8,10,12,18H,1-7,9,11,17H2. The zero-order valence-corrected chi connectivity index (χ0v) is 27.6. The predicted octanol–water partition coefficient (Wildman–Crippen LogP) is 1.65. The molecule has 4 saturated heterocycles. The van der Waals surface area contributed by atoms with Crippen molar-refractivity contribution < 1.29 is 14.2 Å². The number of nitrogens with zero attached hydrogens (tertiary/aromatic N) is 8. The Kier molecular flexibility index (Phi) is 10.4. The molecule has 8 rings (SSSR count). The number of hydrogen-bond acceptors (Lipinski definition) is 12. The number of nitrogen functional groups attached to an aromatic ring is 1. The van der Waals surface area contributed by atoms with Crippen LogP contribution in [0.25, 0.3) is 11.3 Å². The van der Waals surface area contributed by atoms with Gasteiger partial charge in [-0.1, -0.05) is 0 Å². The van der Waals surface area contributed by atoms with Crippen molar-refractivity contribution >= 4 is 17.1 Å². The molecule has 2 atom stereocenters. The summed E-state index contributed by atoms with van der Waals surface area (Å²) in [4.78, 5) is 14.6. The summed E-state index contributed by atoms with van der Waals surface area (Å²) >= 11 is 0. The fourth-order valence-corrected chi connectivity index (χ4v) is 7.05. The second kappa shape index (κ2) is 15.2. The van der Waals surface area contributed by atoms with Crippen molar-refractivity contribution in [2.24, 2.45) is 0 Å². The van der Waals surface area contributed by atoms with E-state index in [-0.39, 0.29) is 0 Å². The van der Waals surface area contributed by atoms with Crippen LogP contribution in [0, 0.1) is 0 Å². The predicted molar refractivity (Wildman–Crippen MR) is 179 cm³/mol. The van der Waals surface area contributed by atoms with Gasteiger partial charge in [-0.25, -0.2) is 9.97 Å². The fourth-order valence-electron chi connectivity index (χ4n) is 7.05. The molecule has 4 aromatic rings. The van der Waals surface area contributed by atoms with Gasteiger partial charge in [0.15, 0.2) is 11.3 Å². The summed E-state index contributed by atoms with van der Waals surface area (Å²) in [5.74, 6) is 2.32. The number of nitrogens with one attached hydrogen (secondary N) is 2. The minimum absolute atomic E-state index is 0.446. The normalized spacial score (nSPS) is 23.1. The number of fused-ring (bicyclic) bond motifs is 2. The van der Waals surface area contributed by atoms with E-state index in [2.05, 4.69) is 30.6 Å². The van der Waals surface area contributed by atoms with Crippen LogP contribution in [0.15, 0.2) is 24.5 Å². The summed E-state index contributed by atoms with van der Waals surface area (Å²) in [5.41, 5.74) is 12.5. The van der Waals surface area contributed by atoms with E-state index in [0.717, 1.165) is 132 Å². The molecular formula is C33H49N11O3. The number of anilines is 1. The first-order valence-corrected chi connectivity index (χ1v) is 17.2. The summed E-state index contributed by atoms with van der Waals surface area (Å²) in [5, 5.41) is 15.8. The van der Waals surface area contributed by atoms with Gasteiger partial charge in [0.05, 0.1) is 57.3 Å². The molecule has 0 bridgehead atoms. The summed E-state index contributed by atoms with van der Waals surface area (Å²) in [6.07, 6.45) is 8.55. The van der Waals surface area contributed by atoms with Gasteiger partial charge in [-0.05, 0) is 38.8 Å². The smallest absolute Gasteiger partial charge is 0.217 e. The molecule has 4 aliphatic rings. The van der Waals surface area contributed by atoms with Crippen LogP contribution < -0.4 is 21.1 Å². The van der Waals surface area contributed by atoms with Crippen LogP contribution in [0.1, 0.15) is 60.0 Å². The van der Waals surface area contributed by atoms with Crippen LogP contribution in [0.3, 0.4) is 0 Å². The van der Waals surface area contributed by atoms with Gasteiger partial charge in [0.1, 0.15) is 5.82 Å². The van der Waals surface area contributed by atoms with E-state index >= 15 is 0 Å². The minimum Gasteiger partial charge on any atom is -0.481 e. The fraction of sp³-hybridized carbons (Fsp3) is 0.636. The molecule has 4 aromatic heterocycles. The average Bonchev–Trinajstić information content (AvgIpc) is 3.74. The zero-order valence-electron chi connectivity index (χ0n) is 27.6. The number of piperidine rings is 2. The molecule has 0 saturated carbocycles. The van der Waals surface area contributed by atoms with Gasteiger partial charge in [0.25, 0.3) is 0 Å².